The zero-order chi connectivity index (χ0) is 14.7. The number of anilines is 1. The highest BCUT2D eigenvalue weighted by Crippen LogP contribution is 2.22. The number of aliphatic hydroxyl groups excluding tert-OH is 1. The molecule has 1 aromatic rings. The number of likely N-dealkylation sites (tertiary alicyclic amines) is 2. The van der Waals surface area contributed by atoms with Crippen LogP contribution < -0.4 is 5.73 Å². The van der Waals surface area contributed by atoms with Crippen LogP contribution in [0.1, 0.15) is 31.2 Å². The zero-order valence-corrected chi connectivity index (χ0v) is 12.6. The third-order valence-corrected chi connectivity index (χ3v) is 4.82. The molecule has 0 bridgehead atoms. The minimum atomic E-state index is -0.119. The van der Waals surface area contributed by atoms with Gasteiger partial charge in [-0.3, -0.25) is 9.80 Å². The first kappa shape index (κ1) is 14.8. The van der Waals surface area contributed by atoms with E-state index in [9.17, 15) is 5.11 Å². The summed E-state index contributed by atoms with van der Waals surface area (Å²) >= 11 is 0. The van der Waals surface area contributed by atoms with Gasteiger partial charge in [-0.15, -0.1) is 0 Å². The SMILES string of the molecule is Nc1ncccc1CN1CCC(N2CCC[C@H](O)C2)CC1. The smallest absolute Gasteiger partial charge is 0.127 e. The first-order valence-electron chi connectivity index (χ1n) is 8.06. The van der Waals surface area contributed by atoms with Crippen molar-refractivity contribution in [3.8, 4) is 0 Å². The van der Waals surface area contributed by atoms with Gasteiger partial charge in [-0.05, 0) is 51.4 Å². The van der Waals surface area contributed by atoms with Crippen molar-refractivity contribution < 1.29 is 5.11 Å². The first-order chi connectivity index (χ1) is 10.2. The summed E-state index contributed by atoms with van der Waals surface area (Å²) in [5.74, 6) is 0.652. The minimum absolute atomic E-state index is 0.119. The van der Waals surface area contributed by atoms with Crippen molar-refractivity contribution in [2.75, 3.05) is 31.9 Å². The van der Waals surface area contributed by atoms with Crippen LogP contribution in [-0.4, -0.2) is 58.2 Å². The number of nitrogens with two attached hydrogens (primary N) is 1. The lowest BCUT2D eigenvalue weighted by Crippen LogP contribution is -2.49. The van der Waals surface area contributed by atoms with E-state index in [1.165, 1.54) is 12.8 Å². The third kappa shape index (κ3) is 3.73. The van der Waals surface area contributed by atoms with Crippen molar-refractivity contribution >= 4 is 5.82 Å². The maximum Gasteiger partial charge on any atom is 0.127 e. The Morgan fingerprint density at radius 1 is 1.24 bits per heavy atom. The number of hydrogen-bond donors (Lipinski definition) is 2. The molecule has 3 heterocycles. The zero-order valence-electron chi connectivity index (χ0n) is 12.6. The van der Waals surface area contributed by atoms with Gasteiger partial charge in [-0.1, -0.05) is 6.07 Å². The lowest BCUT2D eigenvalue weighted by molar-refractivity contribution is 0.0243. The Morgan fingerprint density at radius 3 is 2.76 bits per heavy atom. The van der Waals surface area contributed by atoms with Crippen molar-refractivity contribution in [1.82, 2.24) is 14.8 Å². The normalized spacial score (nSPS) is 26.0. The molecular formula is C16H26N4O. The van der Waals surface area contributed by atoms with Gasteiger partial charge in [0.15, 0.2) is 0 Å². The van der Waals surface area contributed by atoms with E-state index in [-0.39, 0.29) is 6.10 Å². The van der Waals surface area contributed by atoms with Gasteiger partial charge in [0, 0.05) is 30.9 Å². The van der Waals surface area contributed by atoms with Crippen molar-refractivity contribution in [2.45, 2.75) is 44.4 Å². The fraction of sp³-hybridized carbons (Fsp3) is 0.688. The fourth-order valence-corrected chi connectivity index (χ4v) is 3.58. The number of piperidine rings is 2. The van der Waals surface area contributed by atoms with E-state index in [2.05, 4.69) is 20.9 Å². The molecule has 0 spiro atoms. The predicted octanol–water partition coefficient (Wildman–Crippen LogP) is 1.08. The topological polar surface area (TPSA) is 65.6 Å². The van der Waals surface area contributed by atoms with Gasteiger partial charge < -0.3 is 10.8 Å². The highest BCUT2D eigenvalue weighted by molar-refractivity contribution is 5.38. The predicted molar refractivity (Wildman–Crippen MR) is 83.8 cm³/mol. The van der Waals surface area contributed by atoms with Gasteiger partial charge in [0.25, 0.3) is 0 Å². The van der Waals surface area contributed by atoms with E-state index in [1.54, 1.807) is 6.20 Å². The van der Waals surface area contributed by atoms with Crippen LogP contribution in [0, 0.1) is 0 Å². The summed E-state index contributed by atoms with van der Waals surface area (Å²) < 4.78 is 0. The standard InChI is InChI=1S/C16H26N4O/c17-16-13(3-1-7-18-16)11-19-9-5-14(6-10-19)20-8-2-4-15(21)12-20/h1,3,7,14-15,21H,2,4-6,8-12H2,(H2,17,18)/t15-/m0/s1. The average molecular weight is 290 g/mol. The Hall–Kier alpha value is -1.17. The molecule has 2 aliphatic heterocycles. The number of pyridine rings is 1. The number of nitrogens with zero attached hydrogens (tertiary/aromatic N) is 3. The Bertz CT molecular complexity index is 459. The Labute approximate surface area is 126 Å². The van der Waals surface area contributed by atoms with Crippen LogP contribution >= 0.6 is 0 Å². The maximum absolute atomic E-state index is 9.81. The average Bonchev–Trinajstić information content (AvgIpc) is 2.50. The number of hydrogen-bond acceptors (Lipinski definition) is 5. The molecule has 5 nitrogen and oxygen atoms in total. The largest absolute Gasteiger partial charge is 0.392 e. The molecule has 116 valence electrons. The molecule has 0 aliphatic carbocycles. The van der Waals surface area contributed by atoms with Gasteiger partial charge in [0.05, 0.1) is 6.10 Å². The monoisotopic (exact) mass is 290 g/mol. The summed E-state index contributed by atoms with van der Waals surface area (Å²) in [6.45, 7) is 5.11. The van der Waals surface area contributed by atoms with E-state index in [1.807, 2.05) is 6.07 Å². The van der Waals surface area contributed by atoms with E-state index in [0.717, 1.165) is 51.1 Å². The quantitative estimate of drug-likeness (QED) is 0.872. The molecule has 3 N–H and O–H groups in total. The number of aromatic nitrogens is 1. The maximum atomic E-state index is 9.81. The molecule has 0 radical (unpaired) electrons. The lowest BCUT2D eigenvalue weighted by Gasteiger charge is -2.41. The van der Waals surface area contributed by atoms with Crippen molar-refractivity contribution in [2.24, 2.45) is 0 Å². The molecule has 3 rings (SSSR count). The van der Waals surface area contributed by atoms with Gasteiger partial charge in [0.1, 0.15) is 5.82 Å². The molecule has 0 unspecified atom stereocenters. The van der Waals surface area contributed by atoms with Crippen LogP contribution in [0.3, 0.4) is 0 Å². The molecule has 21 heavy (non-hydrogen) atoms. The number of aliphatic hydroxyl groups is 1. The van der Waals surface area contributed by atoms with Gasteiger partial charge in [0.2, 0.25) is 0 Å². The molecule has 5 heteroatoms. The molecule has 1 aromatic heterocycles. The van der Waals surface area contributed by atoms with E-state index >= 15 is 0 Å². The van der Waals surface area contributed by atoms with Crippen LogP contribution in [-0.2, 0) is 6.54 Å². The van der Waals surface area contributed by atoms with Gasteiger partial charge in [-0.25, -0.2) is 4.98 Å². The van der Waals surface area contributed by atoms with Gasteiger partial charge >= 0.3 is 0 Å². The minimum Gasteiger partial charge on any atom is -0.392 e. The van der Waals surface area contributed by atoms with Crippen LogP contribution in [0.4, 0.5) is 5.82 Å². The second kappa shape index (κ2) is 6.73. The second-order valence-corrected chi connectivity index (χ2v) is 6.35. The number of nitrogen functional groups attached to an aromatic ring is 1. The van der Waals surface area contributed by atoms with Crippen molar-refractivity contribution in [3.63, 3.8) is 0 Å². The highest BCUT2D eigenvalue weighted by atomic mass is 16.3. The van der Waals surface area contributed by atoms with E-state index in [0.29, 0.717) is 11.9 Å². The fourth-order valence-electron chi connectivity index (χ4n) is 3.58. The van der Waals surface area contributed by atoms with E-state index in [4.69, 9.17) is 5.73 Å². The molecule has 0 saturated carbocycles. The van der Waals surface area contributed by atoms with Crippen molar-refractivity contribution in [1.29, 1.82) is 0 Å². The van der Waals surface area contributed by atoms with Gasteiger partial charge in [-0.2, -0.15) is 0 Å². The second-order valence-electron chi connectivity index (χ2n) is 6.35. The van der Waals surface area contributed by atoms with Crippen LogP contribution in [0.25, 0.3) is 0 Å². The number of rotatable bonds is 3. The molecule has 1 atom stereocenters. The first-order valence-corrected chi connectivity index (χ1v) is 8.06. The highest BCUT2D eigenvalue weighted by Gasteiger charge is 2.28. The van der Waals surface area contributed by atoms with E-state index < -0.39 is 0 Å². The molecule has 2 aliphatic rings. The summed E-state index contributed by atoms with van der Waals surface area (Å²) in [6, 6.07) is 4.66. The summed E-state index contributed by atoms with van der Waals surface area (Å²) in [5.41, 5.74) is 7.05. The summed E-state index contributed by atoms with van der Waals surface area (Å²) in [4.78, 5) is 9.11. The molecule has 2 fully saturated rings. The Balaban J connectivity index is 1.50. The summed E-state index contributed by atoms with van der Waals surface area (Å²) in [6.07, 6.45) is 6.10. The Kier molecular flexibility index (Phi) is 4.73. The molecule has 0 amide bonds. The van der Waals surface area contributed by atoms with Crippen LogP contribution in [0.5, 0.6) is 0 Å². The Morgan fingerprint density at radius 2 is 2.05 bits per heavy atom. The molecular weight excluding hydrogens is 264 g/mol. The van der Waals surface area contributed by atoms with Crippen LogP contribution in [0.2, 0.25) is 0 Å². The summed E-state index contributed by atoms with van der Waals surface area (Å²) in [7, 11) is 0. The van der Waals surface area contributed by atoms with Crippen LogP contribution in [0.15, 0.2) is 18.3 Å². The molecule has 2 saturated heterocycles. The number of β-amino-alcohol motifs (C(OH)–C–C–N with tert-alkyl or cyclic N) is 1. The lowest BCUT2D eigenvalue weighted by atomic mass is 9.98. The molecule has 0 aromatic carbocycles. The van der Waals surface area contributed by atoms with Crippen molar-refractivity contribution in [3.05, 3.63) is 23.9 Å². The third-order valence-electron chi connectivity index (χ3n) is 4.82. The summed E-state index contributed by atoms with van der Waals surface area (Å²) in [5, 5.41) is 9.81.